The van der Waals surface area contributed by atoms with E-state index in [1.165, 1.54) is 48.2 Å². The molecule has 1 aromatic rings. The fourth-order valence-corrected chi connectivity index (χ4v) is 3.69. The maximum atomic E-state index is 3.72. The van der Waals surface area contributed by atoms with E-state index in [1.807, 2.05) is 0 Å². The zero-order valence-corrected chi connectivity index (χ0v) is 14.5. The van der Waals surface area contributed by atoms with Gasteiger partial charge in [-0.2, -0.15) is 0 Å². The number of nitrogens with one attached hydrogen (secondary N) is 1. The summed E-state index contributed by atoms with van der Waals surface area (Å²) in [6.45, 7) is 16.0. The second kappa shape index (κ2) is 7.42. The molecule has 1 atom stereocenters. The molecule has 118 valence electrons. The van der Waals surface area contributed by atoms with E-state index in [-0.39, 0.29) is 0 Å². The molecule has 1 aromatic carbocycles. The fourth-order valence-electron chi connectivity index (χ4n) is 3.69. The average Bonchev–Trinajstić information content (AvgIpc) is 2.89. The van der Waals surface area contributed by atoms with Gasteiger partial charge in [-0.15, -0.1) is 0 Å². The summed E-state index contributed by atoms with van der Waals surface area (Å²) in [5, 5.41) is 3.72. The van der Waals surface area contributed by atoms with Gasteiger partial charge in [-0.05, 0) is 69.3 Å². The van der Waals surface area contributed by atoms with Crippen molar-refractivity contribution < 1.29 is 0 Å². The van der Waals surface area contributed by atoms with Crippen LogP contribution >= 0.6 is 0 Å². The van der Waals surface area contributed by atoms with Crippen LogP contribution in [0.5, 0.6) is 0 Å². The lowest BCUT2D eigenvalue weighted by Crippen LogP contribution is -2.44. The van der Waals surface area contributed by atoms with E-state index >= 15 is 0 Å². The van der Waals surface area contributed by atoms with Crippen molar-refractivity contribution in [3.63, 3.8) is 0 Å². The number of rotatable bonds is 6. The molecule has 0 amide bonds. The molecule has 1 saturated heterocycles. The Bertz CT molecular complexity index is 436. The number of nitrogens with zero attached hydrogens (tertiary/aromatic N) is 1. The SMILES string of the molecule is Cc1cc(C)c(CNCC(C(C)C)N2CCCC2)c(C)c1. The molecule has 1 aliphatic heterocycles. The predicted molar refractivity (Wildman–Crippen MR) is 91.8 cm³/mol. The van der Waals surface area contributed by atoms with Crippen LogP contribution in [0.15, 0.2) is 12.1 Å². The van der Waals surface area contributed by atoms with Crippen molar-refractivity contribution >= 4 is 0 Å². The molecular weight excluding hydrogens is 256 g/mol. The smallest absolute Gasteiger partial charge is 0.0243 e. The second-order valence-electron chi connectivity index (χ2n) is 7.06. The minimum absolute atomic E-state index is 0.679. The van der Waals surface area contributed by atoms with Crippen molar-refractivity contribution in [1.29, 1.82) is 0 Å². The summed E-state index contributed by atoms with van der Waals surface area (Å²) in [5.41, 5.74) is 5.68. The van der Waals surface area contributed by atoms with Crippen LogP contribution in [0.1, 0.15) is 48.9 Å². The molecule has 0 spiro atoms. The Morgan fingerprint density at radius 3 is 2.14 bits per heavy atom. The van der Waals surface area contributed by atoms with Crippen LogP contribution in [0.2, 0.25) is 0 Å². The molecule has 1 heterocycles. The third-order valence-electron chi connectivity index (χ3n) is 4.87. The molecule has 2 nitrogen and oxygen atoms in total. The highest BCUT2D eigenvalue weighted by molar-refractivity contribution is 5.37. The summed E-state index contributed by atoms with van der Waals surface area (Å²) in [5.74, 6) is 0.718. The molecule has 1 fully saturated rings. The van der Waals surface area contributed by atoms with Gasteiger partial charge in [-0.1, -0.05) is 31.5 Å². The van der Waals surface area contributed by atoms with Crippen LogP contribution in [-0.4, -0.2) is 30.6 Å². The Balaban J connectivity index is 1.93. The Kier molecular flexibility index (Phi) is 5.83. The summed E-state index contributed by atoms with van der Waals surface area (Å²) < 4.78 is 0. The molecule has 0 aromatic heterocycles. The van der Waals surface area contributed by atoms with E-state index in [4.69, 9.17) is 0 Å². The van der Waals surface area contributed by atoms with E-state index in [2.05, 4.69) is 57.0 Å². The Labute approximate surface area is 130 Å². The number of hydrogen-bond acceptors (Lipinski definition) is 2. The van der Waals surface area contributed by atoms with Crippen molar-refractivity contribution in [1.82, 2.24) is 10.2 Å². The normalized spacial score (nSPS) is 17.6. The highest BCUT2D eigenvalue weighted by Gasteiger charge is 2.24. The van der Waals surface area contributed by atoms with Crippen LogP contribution in [-0.2, 0) is 6.54 Å². The van der Waals surface area contributed by atoms with Crippen LogP contribution in [0.3, 0.4) is 0 Å². The summed E-state index contributed by atoms with van der Waals surface area (Å²) in [6.07, 6.45) is 2.75. The van der Waals surface area contributed by atoms with Gasteiger partial charge in [0.1, 0.15) is 0 Å². The number of hydrogen-bond donors (Lipinski definition) is 1. The van der Waals surface area contributed by atoms with Crippen molar-refractivity contribution in [2.75, 3.05) is 19.6 Å². The summed E-state index contributed by atoms with van der Waals surface area (Å²) in [6, 6.07) is 5.27. The fraction of sp³-hybridized carbons (Fsp3) is 0.684. The number of aryl methyl sites for hydroxylation is 3. The zero-order valence-electron chi connectivity index (χ0n) is 14.5. The minimum atomic E-state index is 0.679. The third kappa shape index (κ3) is 4.31. The molecule has 0 radical (unpaired) electrons. The van der Waals surface area contributed by atoms with E-state index in [0.717, 1.165) is 19.0 Å². The maximum absolute atomic E-state index is 3.72. The van der Waals surface area contributed by atoms with Gasteiger partial charge in [0, 0.05) is 19.1 Å². The first-order chi connectivity index (χ1) is 9.99. The van der Waals surface area contributed by atoms with E-state index in [0.29, 0.717) is 6.04 Å². The summed E-state index contributed by atoms with van der Waals surface area (Å²) in [4.78, 5) is 2.67. The zero-order chi connectivity index (χ0) is 15.4. The van der Waals surface area contributed by atoms with Crippen LogP contribution < -0.4 is 5.32 Å². The van der Waals surface area contributed by atoms with Crippen molar-refractivity contribution in [2.24, 2.45) is 5.92 Å². The lowest BCUT2D eigenvalue weighted by atomic mass is 9.99. The van der Waals surface area contributed by atoms with Crippen LogP contribution in [0.25, 0.3) is 0 Å². The maximum Gasteiger partial charge on any atom is 0.0243 e. The van der Waals surface area contributed by atoms with Crippen molar-refractivity contribution in [2.45, 2.75) is 60.0 Å². The topological polar surface area (TPSA) is 15.3 Å². The minimum Gasteiger partial charge on any atom is -0.311 e. The molecule has 2 heteroatoms. The molecule has 21 heavy (non-hydrogen) atoms. The van der Waals surface area contributed by atoms with Gasteiger partial charge in [-0.3, -0.25) is 4.90 Å². The average molecular weight is 288 g/mol. The lowest BCUT2D eigenvalue weighted by molar-refractivity contribution is 0.186. The molecule has 1 N–H and O–H groups in total. The van der Waals surface area contributed by atoms with Crippen LogP contribution in [0.4, 0.5) is 0 Å². The van der Waals surface area contributed by atoms with E-state index < -0.39 is 0 Å². The lowest BCUT2D eigenvalue weighted by Gasteiger charge is -2.31. The van der Waals surface area contributed by atoms with Gasteiger partial charge < -0.3 is 5.32 Å². The highest BCUT2D eigenvalue weighted by atomic mass is 15.2. The third-order valence-corrected chi connectivity index (χ3v) is 4.87. The highest BCUT2D eigenvalue weighted by Crippen LogP contribution is 2.19. The first-order valence-corrected chi connectivity index (χ1v) is 8.50. The van der Waals surface area contributed by atoms with Crippen molar-refractivity contribution in [3.8, 4) is 0 Å². The Hall–Kier alpha value is -0.860. The van der Waals surface area contributed by atoms with Crippen molar-refractivity contribution in [3.05, 3.63) is 34.4 Å². The molecule has 1 aliphatic rings. The van der Waals surface area contributed by atoms with E-state index in [1.54, 1.807) is 0 Å². The molecule has 1 unspecified atom stereocenters. The summed E-state index contributed by atoms with van der Waals surface area (Å²) in [7, 11) is 0. The molecule has 0 aliphatic carbocycles. The largest absolute Gasteiger partial charge is 0.311 e. The van der Waals surface area contributed by atoms with Crippen LogP contribution in [0, 0.1) is 26.7 Å². The van der Waals surface area contributed by atoms with Gasteiger partial charge in [-0.25, -0.2) is 0 Å². The predicted octanol–water partition coefficient (Wildman–Crippen LogP) is 3.82. The molecular formula is C19H32N2. The van der Waals surface area contributed by atoms with Gasteiger partial charge >= 0.3 is 0 Å². The second-order valence-corrected chi connectivity index (χ2v) is 7.06. The van der Waals surface area contributed by atoms with Gasteiger partial charge in [0.2, 0.25) is 0 Å². The Morgan fingerprint density at radius 2 is 1.62 bits per heavy atom. The Morgan fingerprint density at radius 1 is 1.05 bits per heavy atom. The standard InChI is InChI=1S/C19H32N2/c1-14(2)19(21-8-6-7-9-21)13-20-12-18-16(4)10-15(3)11-17(18)5/h10-11,14,19-20H,6-9,12-13H2,1-5H3. The first kappa shape index (κ1) is 16.5. The molecule has 2 rings (SSSR count). The molecule has 0 bridgehead atoms. The van der Waals surface area contributed by atoms with Gasteiger partial charge in [0.05, 0.1) is 0 Å². The quantitative estimate of drug-likeness (QED) is 0.856. The summed E-state index contributed by atoms with van der Waals surface area (Å²) >= 11 is 0. The number of likely N-dealkylation sites (tertiary alicyclic amines) is 1. The van der Waals surface area contributed by atoms with Gasteiger partial charge in [0.15, 0.2) is 0 Å². The number of benzene rings is 1. The van der Waals surface area contributed by atoms with E-state index in [9.17, 15) is 0 Å². The monoisotopic (exact) mass is 288 g/mol. The van der Waals surface area contributed by atoms with Gasteiger partial charge in [0.25, 0.3) is 0 Å². The first-order valence-electron chi connectivity index (χ1n) is 8.50. The molecule has 0 saturated carbocycles.